The quantitative estimate of drug-likeness (QED) is 0.367. The van der Waals surface area contributed by atoms with Crippen molar-refractivity contribution in [1.29, 1.82) is 0 Å². The number of hydrogen-bond donors (Lipinski definition) is 3. The largest absolute Gasteiger partial charge is 0.504 e. The van der Waals surface area contributed by atoms with Gasteiger partial charge in [0.2, 0.25) is 0 Å². The highest BCUT2D eigenvalue weighted by Crippen LogP contribution is 2.32. The topological polar surface area (TPSA) is 77.8 Å². The minimum absolute atomic E-state index is 0.188. The molecule has 0 unspecified atom stereocenters. The van der Waals surface area contributed by atoms with Crippen molar-refractivity contribution in [3.8, 4) is 11.5 Å². The maximum absolute atomic E-state index is 11.1. The van der Waals surface area contributed by atoms with Crippen molar-refractivity contribution >= 4 is 17.6 Å². The first-order valence-corrected chi connectivity index (χ1v) is 7.44. The van der Waals surface area contributed by atoms with Crippen LogP contribution >= 0.6 is 11.6 Å². The third-order valence-electron chi connectivity index (χ3n) is 3.29. The Morgan fingerprint density at radius 2 is 1.60 bits per heavy atom. The van der Waals surface area contributed by atoms with Gasteiger partial charge in [-0.2, -0.15) is 0 Å². The lowest BCUT2D eigenvalue weighted by Crippen LogP contribution is -2.03. The van der Waals surface area contributed by atoms with Gasteiger partial charge in [0.1, 0.15) is 5.56 Å². The molecule has 0 bridgehead atoms. The molecule has 0 aromatic heterocycles. The summed E-state index contributed by atoms with van der Waals surface area (Å²) in [6.45, 7) is 0. The lowest BCUT2D eigenvalue weighted by molar-refractivity contribution is 0.0691. The van der Waals surface area contributed by atoms with Crippen LogP contribution in [0.4, 0.5) is 0 Å². The van der Waals surface area contributed by atoms with E-state index >= 15 is 0 Å². The zero-order chi connectivity index (χ0) is 15.0. The number of unbranched alkanes of at least 4 members (excludes halogenated alkanes) is 5. The molecule has 0 aliphatic rings. The average molecular weight is 301 g/mol. The first-order valence-electron chi connectivity index (χ1n) is 6.91. The first kappa shape index (κ1) is 16.6. The molecule has 0 saturated heterocycles. The smallest absolute Gasteiger partial charge is 0.339 e. The number of aromatic carboxylic acids is 1. The standard InChI is InChI=1S/C15H21ClO4/c16-10-6-4-2-1-3-5-7-11-8-9-12(17)14(18)13(11)15(19)20/h8-9,17-18H,1-7,10H2,(H,19,20). The van der Waals surface area contributed by atoms with Crippen LogP contribution in [-0.4, -0.2) is 27.2 Å². The summed E-state index contributed by atoms with van der Waals surface area (Å²) in [6.07, 6.45) is 6.88. The lowest BCUT2D eigenvalue weighted by atomic mass is 9.99. The Labute approximate surface area is 124 Å². The van der Waals surface area contributed by atoms with Crippen LogP contribution in [0, 0.1) is 0 Å². The van der Waals surface area contributed by atoms with Crippen molar-refractivity contribution in [2.45, 2.75) is 44.9 Å². The minimum Gasteiger partial charge on any atom is -0.504 e. The van der Waals surface area contributed by atoms with Crippen molar-refractivity contribution in [1.82, 2.24) is 0 Å². The van der Waals surface area contributed by atoms with Gasteiger partial charge in [0.15, 0.2) is 11.5 Å². The minimum atomic E-state index is -1.21. The molecule has 20 heavy (non-hydrogen) atoms. The number of carbonyl (C=O) groups is 1. The molecule has 0 fully saturated rings. The molecule has 0 saturated carbocycles. The van der Waals surface area contributed by atoms with E-state index in [1.54, 1.807) is 6.07 Å². The third-order valence-corrected chi connectivity index (χ3v) is 3.55. The summed E-state index contributed by atoms with van der Waals surface area (Å²) in [5, 5.41) is 28.0. The summed E-state index contributed by atoms with van der Waals surface area (Å²) in [5.41, 5.74) is 0.376. The van der Waals surface area contributed by atoms with E-state index < -0.39 is 17.5 Å². The highest BCUT2D eigenvalue weighted by Gasteiger charge is 2.18. The number of aryl methyl sites for hydroxylation is 1. The van der Waals surface area contributed by atoms with E-state index in [1.165, 1.54) is 6.07 Å². The lowest BCUT2D eigenvalue weighted by Gasteiger charge is -2.09. The Bertz CT molecular complexity index is 446. The van der Waals surface area contributed by atoms with Crippen molar-refractivity contribution < 1.29 is 20.1 Å². The van der Waals surface area contributed by atoms with Gasteiger partial charge >= 0.3 is 5.97 Å². The molecular formula is C15H21ClO4. The monoisotopic (exact) mass is 300 g/mol. The van der Waals surface area contributed by atoms with Gasteiger partial charge in [-0.25, -0.2) is 4.79 Å². The normalized spacial score (nSPS) is 10.7. The molecule has 0 amide bonds. The van der Waals surface area contributed by atoms with Crippen LogP contribution in [0.15, 0.2) is 12.1 Å². The summed E-state index contributed by atoms with van der Waals surface area (Å²) < 4.78 is 0. The van der Waals surface area contributed by atoms with Gasteiger partial charge in [-0.1, -0.05) is 31.7 Å². The number of phenols is 2. The molecule has 0 radical (unpaired) electrons. The number of carboxylic acid groups (broad SMARTS) is 1. The number of alkyl halides is 1. The van der Waals surface area contributed by atoms with Crippen LogP contribution in [-0.2, 0) is 6.42 Å². The van der Waals surface area contributed by atoms with Gasteiger partial charge < -0.3 is 15.3 Å². The molecule has 0 aliphatic carbocycles. The van der Waals surface area contributed by atoms with E-state index in [-0.39, 0.29) is 5.56 Å². The van der Waals surface area contributed by atoms with Gasteiger partial charge in [0.25, 0.3) is 0 Å². The Morgan fingerprint density at radius 3 is 2.20 bits per heavy atom. The van der Waals surface area contributed by atoms with Crippen LogP contribution in [0.1, 0.15) is 54.4 Å². The van der Waals surface area contributed by atoms with E-state index in [0.717, 1.165) is 38.5 Å². The summed E-state index contributed by atoms with van der Waals surface area (Å²) in [6, 6.07) is 2.89. The number of aromatic hydroxyl groups is 2. The molecule has 1 rings (SSSR count). The molecule has 3 N–H and O–H groups in total. The number of rotatable bonds is 9. The Morgan fingerprint density at radius 1 is 1.00 bits per heavy atom. The maximum atomic E-state index is 11.1. The molecule has 1 aromatic carbocycles. The Hall–Kier alpha value is -1.42. The fourth-order valence-corrected chi connectivity index (χ4v) is 2.37. The molecule has 0 aliphatic heterocycles. The molecule has 1 aromatic rings. The van der Waals surface area contributed by atoms with E-state index in [0.29, 0.717) is 17.9 Å². The van der Waals surface area contributed by atoms with E-state index in [4.69, 9.17) is 16.7 Å². The van der Waals surface area contributed by atoms with Crippen LogP contribution in [0.5, 0.6) is 11.5 Å². The molecule has 0 spiro atoms. The maximum Gasteiger partial charge on any atom is 0.339 e. The molecule has 0 heterocycles. The zero-order valence-electron chi connectivity index (χ0n) is 11.4. The van der Waals surface area contributed by atoms with Crippen molar-refractivity contribution in [3.63, 3.8) is 0 Å². The first-order chi connectivity index (χ1) is 9.57. The predicted octanol–water partition coefficient (Wildman–Crippen LogP) is 3.92. The molecular weight excluding hydrogens is 280 g/mol. The number of halogens is 1. The second-order valence-corrected chi connectivity index (χ2v) is 5.21. The number of phenolic OH excluding ortho intramolecular Hbond substituents is 1. The van der Waals surface area contributed by atoms with Crippen molar-refractivity contribution in [2.24, 2.45) is 0 Å². The SMILES string of the molecule is O=C(O)c1c(CCCCCCCCCl)ccc(O)c1O. The molecule has 0 atom stereocenters. The van der Waals surface area contributed by atoms with Gasteiger partial charge in [-0.15, -0.1) is 11.6 Å². The number of hydrogen-bond acceptors (Lipinski definition) is 3. The molecule has 5 heteroatoms. The van der Waals surface area contributed by atoms with Crippen LogP contribution < -0.4 is 0 Å². The number of benzene rings is 1. The van der Waals surface area contributed by atoms with Gasteiger partial charge in [0, 0.05) is 5.88 Å². The van der Waals surface area contributed by atoms with E-state index in [2.05, 4.69) is 0 Å². The van der Waals surface area contributed by atoms with Gasteiger partial charge in [-0.05, 0) is 30.9 Å². The average Bonchev–Trinajstić information content (AvgIpc) is 2.41. The summed E-state index contributed by atoms with van der Waals surface area (Å²) in [7, 11) is 0. The van der Waals surface area contributed by atoms with Crippen molar-refractivity contribution in [3.05, 3.63) is 23.3 Å². The zero-order valence-corrected chi connectivity index (χ0v) is 12.2. The second-order valence-electron chi connectivity index (χ2n) is 4.83. The Kier molecular flexibility index (Phi) is 7.23. The van der Waals surface area contributed by atoms with E-state index in [1.807, 2.05) is 0 Å². The van der Waals surface area contributed by atoms with E-state index in [9.17, 15) is 15.0 Å². The summed E-state index contributed by atoms with van der Waals surface area (Å²) in [5.74, 6) is -1.45. The fraction of sp³-hybridized carbons (Fsp3) is 0.533. The highest BCUT2D eigenvalue weighted by atomic mass is 35.5. The van der Waals surface area contributed by atoms with Crippen LogP contribution in [0.2, 0.25) is 0 Å². The second kappa shape index (κ2) is 8.69. The van der Waals surface area contributed by atoms with Gasteiger partial charge in [0.05, 0.1) is 0 Å². The molecule has 4 nitrogen and oxygen atoms in total. The van der Waals surface area contributed by atoms with Crippen LogP contribution in [0.3, 0.4) is 0 Å². The molecule has 112 valence electrons. The number of carboxylic acids is 1. The van der Waals surface area contributed by atoms with Crippen LogP contribution in [0.25, 0.3) is 0 Å². The third kappa shape index (κ3) is 4.93. The predicted molar refractivity (Wildman–Crippen MR) is 78.9 cm³/mol. The van der Waals surface area contributed by atoms with Gasteiger partial charge in [-0.3, -0.25) is 0 Å². The summed E-state index contributed by atoms with van der Waals surface area (Å²) >= 11 is 5.60. The van der Waals surface area contributed by atoms with Crippen molar-refractivity contribution in [2.75, 3.05) is 5.88 Å². The fourth-order valence-electron chi connectivity index (χ4n) is 2.19. The summed E-state index contributed by atoms with van der Waals surface area (Å²) in [4.78, 5) is 11.1. The Balaban J connectivity index is 2.48. The highest BCUT2D eigenvalue weighted by molar-refractivity contribution is 6.17.